The predicted octanol–water partition coefficient (Wildman–Crippen LogP) is 2.71. The molecule has 5 fully saturated rings. The Morgan fingerprint density at radius 1 is 1.04 bits per heavy atom. The van der Waals surface area contributed by atoms with Crippen LogP contribution in [-0.4, -0.2) is 37.9 Å². The normalized spacial score (nSPS) is 52.0. The van der Waals surface area contributed by atoms with Crippen LogP contribution in [-0.2, 0) is 23.8 Å². The van der Waals surface area contributed by atoms with Gasteiger partial charge in [0.05, 0.1) is 25.0 Å². The number of cyclic esters (lactones) is 2. The molecule has 0 unspecified atom stereocenters. The van der Waals surface area contributed by atoms with E-state index in [1.165, 1.54) is 0 Å². The molecule has 5 nitrogen and oxygen atoms in total. The Morgan fingerprint density at radius 2 is 1.92 bits per heavy atom. The van der Waals surface area contributed by atoms with Crippen LogP contribution in [0.1, 0.15) is 51.9 Å². The zero-order valence-corrected chi connectivity index (χ0v) is 15.0. The van der Waals surface area contributed by atoms with Crippen LogP contribution in [0.25, 0.3) is 0 Å². The van der Waals surface area contributed by atoms with Crippen molar-refractivity contribution in [1.82, 2.24) is 0 Å². The Morgan fingerprint density at radius 3 is 2.72 bits per heavy atom. The maximum absolute atomic E-state index is 12.9. The van der Waals surface area contributed by atoms with E-state index in [1.807, 2.05) is 0 Å². The monoisotopic (exact) mass is 348 g/mol. The topological polar surface area (TPSA) is 61.8 Å². The van der Waals surface area contributed by atoms with Gasteiger partial charge in [-0.05, 0) is 49.9 Å². The van der Waals surface area contributed by atoms with E-state index in [0.717, 1.165) is 51.6 Å². The molecule has 0 amide bonds. The van der Waals surface area contributed by atoms with Crippen molar-refractivity contribution < 1.29 is 23.8 Å². The van der Waals surface area contributed by atoms with Crippen LogP contribution in [0.3, 0.4) is 0 Å². The summed E-state index contributed by atoms with van der Waals surface area (Å²) in [6.45, 7) is 4.35. The number of carbonyl (C=O) groups excluding carboxylic acids is 2. The van der Waals surface area contributed by atoms with E-state index in [0.29, 0.717) is 25.0 Å². The first-order valence-corrected chi connectivity index (χ1v) is 9.99. The Balaban J connectivity index is 1.50. The van der Waals surface area contributed by atoms with Crippen LogP contribution < -0.4 is 0 Å². The zero-order chi connectivity index (χ0) is 17.2. The van der Waals surface area contributed by atoms with Gasteiger partial charge in [-0.1, -0.05) is 13.3 Å². The lowest BCUT2D eigenvalue weighted by atomic mass is 9.44. The molecule has 7 atom stereocenters. The number of esters is 2. The van der Waals surface area contributed by atoms with E-state index >= 15 is 0 Å². The summed E-state index contributed by atoms with van der Waals surface area (Å²) in [4.78, 5) is 25.2. The first-order valence-electron chi connectivity index (χ1n) is 9.99. The van der Waals surface area contributed by atoms with Crippen molar-refractivity contribution in [2.24, 2.45) is 34.5 Å². The van der Waals surface area contributed by atoms with E-state index in [1.54, 1.807) is 0 Å². The van der Waals surface area contributed by atoms with Crippen LogP contribution >= 0.6 is 0 Å². The van der Waals surface area contributed by atoms with Gasteiger partial charge in [0.2, 0.25) is 0 Å². The van der Waals surface area contributed by atoms with Crippen molar-refractivity contribution in [2.75, 3.05) is 19.8 Å². The molecule has 5 rings (SSSR count). The summed E-state index contributed by atoms with van der Waals surface area (Å²) >= 11 is 0. The molecule has 5 heteroatoms. The van der Waals surface area contributed by atoms with Gasteiger partial charge < -0.3 is 14.2 Å². The van der Waals surface area contributed by atoms with Crippen molar-refractivity contribution in [3.8, 4) is 0 Å². The van der Waals surface area contributed by atoms with Gasteiger partial charge in [-0.2, -0.15) is 0 Å². The Hall–Kier alpha value is -1.10. The third-order valence-corrected chi connectivity index (χ3v) is 8.32. The Bertz CT molecular complexity index is 597. The summed E-state index contributed by atoms with van der Waals surface area (Å²) in [5.41, 5.74) is -0.109. The van der Waals surface area contributed by atoms with Gasteiger partial charge in [0.25, 0.3) is 0 Å². The number of fused-ring (bicyclic) bond motifs is 2. The lowest BCUT2D eigenvalue weighted by Gasteiger charge is -2.60. The molecule has 138 valence electrons. The number of carbonyl (C=O) groups is 2. The molecule has 2 aliphatic carbocycles. The molecule has 3 heterocycles. The fourth-order valence-electron chi connectivity index (χ4n) is 7.08. The minimum Gasteiger partial charge on any atom is -0.465 e. The summed E-state index contributed by atoms with van der Waals surface area (Å²) in [5, 5.41) is 0. The van der Waals surface area contributed by atoms with Crippen molar-refractivity contribution in [1.29, 1.82) is 0 Å². The van der Waals surface area contributed by atoms with E-state index in [2.05, 4.69) is 6.92 Å². The van der Waals surface area contributed by atoms with Crippen LogP contribution in [0.15, 0.2) is 0 Å². The number of ether oxygens (including phenoxy) is 3. The highest BCUT2D eigenvalue weighted by Gasteiger charge is 2.67. The Labute approximate surface area is 148 Å². The van der Waals surface area contributed by atoms with Gasteiger partial charge in [0.1, 0.15) is 6.10 Å². The van der Waals surface area contributed by atoms with Gasteiger partial charge >= 0.3 is 11.9 Å². The average Bonchev–Trinajstić information content (AvgIpc) is 3.23. The third kappa shape index (κ3) is 2.11. The Kier molecular flexibility index (Phi) is 3.51. The van der Waals surface area contributed by atoms with Crippen molar-refractivity contribution in [2.45, 2.75) is 58.0 Å². The van der Waals surface area contributed by atoms with Gasteiger partial charge in [-0.15, -0.1) is 0 Å². The standard InChI is InChI=1S/C20H28O5/c1-19-9-15(12-6-8-23-10-12)25-18(22)13(19)5-7-20-11-24-17(21)14(20)3-2-4-16(19)20/h12-16H,2-11H2,1H3/t12-,13+,14-,15-,16-,19+,20-/m1/s1. The van der Waals surface area contributed by atoms with Gasteiger partial charge in [0, 0.05) is 17.9 Å². The molecule has 3 aliphatic heterocycles. The number of hydrogen-bond acceptors (Lipinski definition) is 5. The summed E-state index contributed by atoms with van der Waals surface area (Å²) < 4.78 is 17.0. The highest BCUT2D eigenvalue weighted by Crippen LogP contribution is 2.66. The van der Waals surface area contributed by atoms with Gasteiger partial charge in [-0.25, -0.2) is 0 Å². The molecule has 2 saturated carbocycles. The maximum atomic E-state index is 12.9. The molecule has 5 aliphatic rings. The zero-order valence-electron chi connectivity index (χ0n) is 15.0. The minimum atomic E-state index is -0.0759. The molecular weight excluding hydrogens is 320 g/mol. The second-order valence-corrected chi connectivity index (χ2v) is 9.28. The summed E-state index contributed by atoms with van der Waals surface area (Å²) in [6, 6.07) is 0. The van der Waals surface area contributed by atoms with E-state index in [9.17, 15) is 9.59 Å². The van der Waals surface area contributed by atoms with Gasteiger partial charge in [-0.3, -0.25) is 9.59 Å². The molecular formula is C20H28O5. The van der Waals surface area contributed by atoms with Crippen molar-refractivity contribution in [3.63, 3.8) is 0 Å². The van der Waals surface area contributed by atoms with Crippen LogP contribution in [0.5, 0.6) is 0 Å². The summed E-state index contributed by atoms with van der Waals surface area (Å²) in [5.74, 6) is 0.757. The lowest BCUT2D eigenvalue weighted by molar-refractivity contribution is -0.203. The summed E-state index contributed by atoms with van der Waals surface area (Å²) in [7, 11) is 0. The highest BCUT2D eigenvalue weighted by atomic mass is 16.6. The fourth-order valence-corrected chi connectivity index (χ4v) is 7.08. The van der Waals surface area contributed by atoms with E-state index in [-0.39, 0.29) is 40.7 Å². The molecule has 25 heavy (non-hydrogen) atoms. The third-order valence-electron chi connectivity index (χ3n) is 8.32. The molecule has 0 bridgehead atoms. The molecule has 1 spiro atoms. The van der Waals surface area contributed by atoms with Crippen LogP contribution in [0, 0.1) is 34.5 Å². The molecule has 0 radical (unpaired) electrons. The highest BCUT2D eigenvalue weighted by molar-refractivity contribution is 5.77. The first kappa shape index (κ1) is 16.1. The fraction of sp³-hybridized carbons (Fsp3) is 0.900. The molecule has 0 N–H and O–H groups in total. The smallest absolute Gasteiger partial charge is 0.309 e. The SMILES string of the molecule is C[C@]12C[C@H]([C@@H]3CCOC3)OC(=O)[C@@H]1CC[C@@]13COC(=O)[C@H]1CCC[C@H]23. The van der Waals surface area contributed by atoms with Crippen molar-refractivity contribution in [3.05, 3.63) is 0 Å². The predicted molar refractivity (Wildman–Crippen MR) is 88.5 cm³/mol. The number of rotatable bonds is 1. The lowest BCUT2D eigenvalue weighted by Crippen LogP contribution is -2.60. The second kappa shape index (κ2) is 5.45. The molecule has 0 aromatic carbocycles. The van der Waals surface area contributed by atoms with Crippen LogP contribution in [0.4, 0.5) is 0 Å². The first-order chi connectivity index (χ1) is 12.0. The second-order valence-electron chi connectivity index (χ2n) is 9.28. The number of hydrogen-bond donors (Lipinski definition) is 0. The maximum Gasteiger partial charge on any atom is 0.309 e. The van der Waals surface area contributed by atoms with Gasteiger partial charge in [0.15, 0.2) is 0 Å². The van der Waals surface area contributed by atoms with E-state index < -0.39 is 0 Å². The quantitative estimate of drug-likeness (QED) is 0.682. The summed E-state index contributed by atoms with van der Waals surface area (Å²) in [6.07, 6.45) is 6.80. The largest absolute Gasteiger partial charge is 0.465 e. The van der Waals surface area contributed by atoms with Crippen LogP contribution in [0.2, 0.25) is 0 Å². The molecule has 3 saturated heterocycles. The molecule has 0 aromatic rings. The van der Waals surface area contributed by atoms with E-state index in [4.69, 9.17) is 14.2 Å². The minimum absolute atomic E-state index is 0.00544. The molecule has 0 aromatic heterocycles. The van der Waals surface area contributed by atoms with Crippen molar-refractivity contribution >= 4 is 11.9 Å². The average molecular weight is 348 g/mol.